The Morgan fingerprint density at radius 1 is 1.31 bits per heavy atom. The summed E-state index contributed by atoms with van der Waals surface area (Å²) in [6.07, 6.45) is 9.21. The average molecular weight is 180 g/mol. The van der Waals surface area contributed by atoms with Crippen molar-refractivity contribution < 1.29 is 4.74 Å². The molecule has 1 atom stereocenters. The van der Waals surface area contributed by atoms with Crippen molar-refractivity contribution in [3.63, 3.8) is 0 Å². The molecule has 0 aromatic heterocycles. The van der Waals surface area contributed by atoms with Gasteiger partial charge in [-0.15, -0.1) is 0 Å². The van der Waals surface area contributed by atoms with Gasteiger partial charge in [0.1, 0.15) is 0 Å². The van der Waals surface area contributed by atoms with Gasteiger partial charge in [-0.3, -0.25) is 0 Å². The highest BCUT2D eigenvalue weighted by Crippen LogP contribution is 2.41. The van der Waals surface area contributed by atoms with Crippen LogP contribution >= 0.6 is 0 Å². The van der Waals surface area contributed by atoms with Crippen LogP contribution in [0.1, 0.15) is 51.9 Å². The molecule has 1 saturated carbocycles. The SMILES string of the molecule is C=C1C[C@H](C)OC2(CCCCC2)C1. The summed E-state index contributed by atoms with van der Waals surface area (Å²) >= 11 is 0. The summed E-state index contributed by atoms with van der Waals surface area (Å²) in [6, 6.07) is 0. The number of hydrogen-bond donors (Lipinski definition) is 0. The van der Waals surface area contributed by atoms with E-state index in [0.717, 1.165) is 12.8 Å². The first-order valence-electron chi connectivity index (χ1n) is 5.55. The van der Waals surface area contributed by atoms with Crippen LogP contribution in [0, 0.1) is 0 Å². The van der Waals surface area contributed by atoms with Gasteiger partial charge in [-0.25, -0.2) is 0 Å². The zero-order chi connectivity index (χ0) is 9.31. The summed E-state index contributed by atoms with van der Waals surface area (Å²) in [5, 5.41) is 0. The highest BCUT2D eigenvalue weighted by atomic mass is 16.5. The third-order valence-corrected chi connectivity index (χ3v) is 3.36. The van der Waals surface area contributed by atoms with E-state index >= 15 is 0 Å². The van der Waals surface area contributed by atoms with Crippen LogP contribution in [-0.4, -0.2) is 11.7 Å². The lowest BCUT2D eigenvalue weighted by Crippen LogP contribution is -2.42. The van der Waals surface area contributed by atoms with E-state index < -0.39 is 0 Å². The van der Waals surface area contributed by atoms with E-state index in [0.29, 0.717) is 6.10 Å². The quantitative estimate of drug-likeness (QED) is 0.519. The second-order valence-corrected chi connectivity index (χ2v) is 4.80. The molecule has 13 heavy (non-hydrogen) atoms. The van der Waals surface area contributed by atoms with E-state index in [1.165, 1.54) is 37.7 Å². The standard InChI is InChI=1S/C12H20O/c1-10-8-11(2)13-12(9-10)6-4-3-5-7-12/h11H,1,3-9H2,2H3/t11-/m0/s1. The molecule has 0 N–H and O–H groups in total. The molecule has 1 nitrogen and oxygen atoms in total. The van der Waals surface area contributed by atoms with Crippen LogP contribution in [0.25, 0.3) is 0 Å². The fraction of sp³-hybridized carbons (Fsp3) is 0.833. The Labute approximate surface area is 81.2 Å². The normalized spacial score (nSPS) is 33.6. The first-order valence-corrected chi connectivity index (χ1v) is 5.55. The van der Waals surface area contributed by atoms with Crippen molar-refractivity contribution in [1.82, 2.24) is 0 Å². The molecule has 1 aliphatic carbocycles. The number of ether oxygens (including phenoxy) is 1. The predicted molar refractivity (Wildman–Crippen MR) is 54.7 cm³/mol. The highest BCUT2D eigenvalue weighted by molar-refractivity contribution is 5.07. The van der Waals surface area contributed by atoms with Crippen LogP contribution in [0.15, 0.2) is 12.2 Å². The summed E-state index contributed by atoms with van der Waals surface area (Å²) < 4.78 is 6.12. The van der Waals surface area contributed by atoms with Crippen molar-refractivity contribution in [3.8, 4) is 0 Å². The van der Waals surface area contributed by atoms with Crippen LogP contribution in [0.2, 0.25) is 0 Å². The van der Waals surface area contributed by atoms with E-state index in [1.807, 2.05) is 0 Å². The van der Waals surface area contributed by atoms with Gasteiger partial charge < -0.3 is 4.74 Å². The van der Waals surface area contributed by atoms with Gasteiger partial charge in [0.25, 0.3) is 0 Å². The summed E-state index contributed by atoms with van der Waals surface area (Å²) in [7, 11) is 0. The maximum atomic E-state index is 6.12. The van der Waals surface area contributed by atoms with Crippen molar-refractivity contribution in [1.29, 1.82) is 0 Å². The Hall–Kier alpha value is -0.300. The molecule has 1 heterocycles. The Balaban J connectivity index is 2.06. The molecule has 1 spiro atoms. The van der Waals surface area contributed by atoms with E-state index in [1.54, 1.807) is 0 Å². The lowest BCUT2D eigenvalue weighted by atomic mass is 9.77. The van der Waals surface area contributed by atoms with Crippen molar-refractivity contribution in [2.45, 2.75) is 63.6 Å². The van der Waals surface area contributed by atoms with Crippen molar-refractivity contribution >= 4 is 0 Å². The molecule has 0 amide bonds. The molecule has 0 unspecified atom stereocenters. The van der Waals surface area contributed by atoms with Crippen LogP contribution < -0.4 is 0 Å². The minimum absolute atomic E-state index is 0.201. The second-order valence-electron chi connectivity index (χ2n) is 4.80. The van der Waals surface area contributed by atoms with Crippen LogP contribution in [0.5, 0.6) is 0 Å². The third kappa shape index (κ3) is 1.96. The van der Waals surface area contributed by atoms with Gasteiger partial charge in [0.15, 0.2) is 0 Å². The molecule has 1 saturated heterocycles. The molecule has 2 rings (SSSR count). The van der Waals surface area contributed by atoms with Gasteiger partial charge in [-0.1, -0.05) is 31.4 Å². The third-order valence-electron chi connectivity index (χ3n) is 3.36. The molecule has 1 aliphatic heterocycles. The predicted octanol–water partition coefficient (Wildman–Crippen LogP) is 3.44. The lowest BCUT2D eigenvalue weighted by Gasteiger charge is -2.43. The van der Waals surface area contributed by atoms with Gasteiger partial charge in [0.2, 0.25) is 0 Å². The Morgan fingerprint density at radius 2 is 2.00 bits per heavy atom. The molecular weight excluding hydrogens is 160 g/mol. The molecule has 0 radical (unpaired) electrons. The largest absolute Gasteiger partial charge is 0.371 e. The maximum absolute atomic E-state index is 6.12. The van der Waals surface area contributed by atoms with Crippen molar-refractivity contribution in [3.05, 3.63) is 12.2 Å². The summed E-state index contributed by atoms with van der Waals surface area (Å²) in [6.45, 7) is 6.32. The van der Waals surface area contributed by atoms with Gasteiger partial charge in [-0.05, 0) is 32.6 Å². The Kier molecular flexibility index (Phi) is 2.46. The van der Waals surface area contributed by atoms with Gasteiger partial charge in [0, 0.05) is 0 Å². The van der Waals surface area contributed by atoms with Crippen LogP contribution in [0.3, 0.4) is 0 Å². The fourth-order valence-corrected chi connectivity index (χ4v) is 2.94. The summed E-state index contributed by atoms with van der Waals surface area (Å²) in [5.41, 5.74) is 1.60. The topological polar surface area (TPSA) is 9.23 Å². The van der Waals surface area contributed by atoms with Gasteiger partial charge in [-0.2, -0.15) is 0 Å². The average Bonchev–Trinajstić information content (AvgIpc) is 2.02. The first kappa shape index (κ1) is 9.26. The van der Waals surface area contributed by atoms with Crippen molar-refractivity contribution in [2.75, 3.05) is 0 Å². The van der Waals surface area contributed by atoms with Crippen LogP contribution in [0.4, 0.5) is 0 Å². The maximum Gasteiger partial charge on any atom is 0.0723 e. The Morgan fingerprint density at radius 3 is 2.62 bits per heavy atom. The van der Waals surface area contributed by atoms with E-state index in [2.05, 4.69) is 13.5 Å². The van der Waals surface area contributed by atoms with Gasteiger partial charge in [0.05, 0.1) is 11.7 Å². The number of rotatable bonds is 0. The first-order chi connectivity index (χ1) is 6.20. The van der Waals surface area contributed by atoms with E-state index in [-0.39, 0.29) is 5.60 Å². The second kappa shape index (κ2) is 3.45. The summed E-state index contributed by atoms with van der Waals surface area (Å²) in [5.74, 6) is 0. The van der Waals surface area contributed by atoms with Crippen molar-refractivity contribution in [2.24, 2.45) is 0 Å². The molecule has 74 valence electrons. The van der Waals surface area contributed by atoms with Crippen LogP contribution in [-0.2, 0) is 4.74 Å². The zero-order valence-electron chi connectivity index (χ0n) is 8.64. The Bertz CT molecular complexity index is 201. The minimum Gasteiger partial charge on any atom is -0.371 e. The smallest absolute Gasteiger partial charge is 0.0723 e. The fourth-order valence-electron chi connectivity index (χ4n) is 2.94. The van der Waals surface area contributed by atoms with Gasteiger partial charge >= 0.3 is 0 Å². The molecule has 2 aliphatic rings. The zero-order valence-corrected chi connectivity index (χ0v) is 8.64. The lowest BCUT2D eigenvalue weighted by molar-refractivity contribution is -0.123. The molecule has 0 aromatic rings. The molecular formula is C12H20O. The molecule has 0 aromatic carbocycles. The monoisotopic (exact) mass is 180 g/mol. The minimum atomic E-state index is 0.201. The summed E-state index contributed by atoms with van der Waals surface area (Å²) in [4.78, 5) is 0. The number of hydrogen-bond acceptors (Lipinski definition) is 1. The van der Waals surface area contributed by atoms with E-state index in [9.17, 15) is 0 Å². The molecule has 1 heteroatoms. The molecule has 2 fully saturated rings. The molecule has 0 bridgehead atoms. The van der Waals surface area contributed by atoms with E-state index in [4.69, 9.17) is 4.74 Å². The highest BCUT2D eigenvalue weighted by Gasteiger charge is 2.38.